The molecule has 1 nitrogen and oxygen atoms in total. The van der Waals surface area contributed by atoms with Gasteiger partial charge in [0.05, 0.1) is 0 Å². The van der Waals surface area contributed by atoms with Crippen LogP contribution in [0.25, 0.3) is 0 Å². The molecule has 18 heavy (non-hydrogen) atoms. The first-order chi connectivity index (χ1) is 7.93. The van der Waals surface area contributed by atoms with E-state index in [0.29, 0.717) is 0 Å². The van der Waals surface area contributed by atoms with Gasteiger partial charge in [0.25, 0.3) is 0 Å². The minimum absolute atomic E-state index is 0. The minimum Gasteiger partial charge on any atom is -0.748 e. The summed E-state index contributed by atoms with van der Waals surface area (Å²) in [5.41, 5.74) is 1.50. The Hall–Kier alpha value is -0.821. The van der Waals surface area contributed by atoms with Gasteiger partial charge in [-0.1, -0.05) is 39.0 Å². The second kappa shape index (κ2) is 14.2. The van der Waals surface area contributed by atoms with Crippen LogP contribution < -0.4 is 6.15 Å². The molecular formula is C16H25FeN-6. The molecule has 108 valence electrons. The molecular weight excluding hydrogens is 262 g/mol. The Labute approximate surface area is 122 Å². The smallest absolute Gasteiger partial charge is 0 e. The van der Waals surface area contributed by atoms with Crippen molar-refractivity contribution in [1.29, 1.82) is 0 Å². The molecule has 0 saturated carbocycles. The van der Waals surface area contributed by atoms with Crippen molar-refractivity contribution in [3.05, 3.63) is 60.2 Å². The zero-order valence-electron chi connectivity index (χ0n) is 11.3. The summed E-state index contributed by atoms with van der Waals surface area (Å²) >= 11 is 0. The van der Waals surface area contributed by atoms with Crippen molar-refractivity contribution in [3.8, 4) is 0 Å². The number of unbranched alkanes of at least 4 members (excludes halogenated alkanes) is 3. The molecule has 0 atom stereocenters. The van der Waals surface area contributed by atoms with Crippen molar-refractivity contribution < 1.29 is 17.1 Å². The quantitative estimate of drug-likeness (QED) is 0.464. The van der Waals surface area contributed by atoms with E-state index in [-0.39, 0.29) is 23.2 Å². The zero-order chi connectivity index (χ0) is 11.5. The Kier molecular flexibility index (Phi) is 15.4. The third-order valence-corrected chi connectivity index (χ3v) is 2.61. The monoisotopic (exact) mass is 287 g/mol. The third kappa shape index (κ3) is 10.3. The van der Waals surface area contributed by atoms with Gasteiger partial charge in [-0.3, -0.25) is 0 Å². The Morgan fingerprint density at radius 1 is 0.833 bits per heavy atom. The molecule has 0 amide bonds. The van der Waals surface area contributed by atoms with Gasteiger partial charge in [0.1, 0.15) is 0 Å². The van der Waals surface area contributed by atoms with Gasteiger partial charge in [0.15, 0.2) is 0 Å². The Bertz CT molecular complexity index is 294. The van der Waals surface area contributed by atoms with Crippen LogP contribution in [0.2, 0.25) is 0 Å². The second-order valence-electron chi connectivity index (χ2n) is 4.07. The summed E-state index contributed by atoms with van der Waals surface area (Å²) in [6.45, 7) is 2.25. The molecule has 0 unspecified atom stereocenters. The summed E-state index contributed by atoms with van der Waals surface area (Å²) in [7, 11) is 0. The van der Waals surface area contributed by atoms with Crippen LogP contribution in [0, 0.1) is 0 Å². The second-order valence-corrected chi connectivity index (χ2v) is 4.07. The predicted octanol–water partition coefficient (Wildman–Crippen LogP) is 5.09. The fraction of sp³-hybridized carbons (Fsp3) is 0.375. The fourth-order valence-electron chi connectivity index (χ4n) is 1.66. The molecule has 2 aromatic carbocycles. The van der Waals surface area contributed by atoms with Gasteiger partial charge in [0, 0.05) is 17.1 Å². The van der Waals surface area contributed by atoms with Gasteiger partial charge in [-0.2, -0.15) is 17.7 Å². The zero-order valence-corrected chi connectivity index (χ0v) is 12.4. The number of rotatable bonds is 5. The summed E-state index contributed by atoms with van der Waals surface area (Å²) in [5.74, 6) is 0. The first-order valence-electron chi connectivity index (χ1n) is 6.30. The maximum absolute atomic E-state index is 2.25. The normalized spacial score (nSPS) is 8.50. The SMILES string of the molecule is CCCCCC[c-]1cccc1.N.[Fe].[cH-]1[cH-][cH-][cH-][cH-]1. The average molecular weight is 287 g/mol. The number of aryl methyl sites for hydroxylation is 1. The van der Waals surface area contributed by atoms with Crippen LogP contribution in [0.3, 0.4) is 0 Å². The van der Waals surface area contributed by atoms with Crippen LogP contribution in [-0.2, 0) is 23.5 Å². The first kappa shape index (κ1) is 19.5. The van der Waals surface area contributed by atoms with Crippen LogP contribution in [0.1, 0.15) is 38.2 Å². The van der Waals surface area contributed by atoms with Crippen molar-refractivity contribution in [2.75, 3.05) is 0 Å². The number of hydrogen-bond donors (Lipinski definition) is 1. The van der Waals surface area contributed by atoms with Gasteiger partial charge in [-0.15, -0.1) is 0 Å². The average Bonchev–Trinajstić information content (AvgIpc) is 2.99. The Morgan fingerprint density at radius 3 is 1.78 bits per heavy atom. The molecule has 0 aliphatic heterocycles. The van der Waals surface area contributed by atoms with Crippen LogP contribution in [0.4, 0.5) is 0 Å². The third-order valence-electron chi connectivity index (χ3n) is 2.61. The summed E-state index contributed by atoms with van der Waals surface area (Å²) < 4.78 is 0. The Balaban J connectivity index is 0. The summed E-state index contributed by atoms with van der Waals surface area (Å²) in [4.78, 5) is 0. The summed E-state index contributed by atoms with van der Waals surface area (Å²) in [6.07, 6.45) is 6.74. The summed E-state index contributed by atoms with van der Waals surface area (Å²) in [6, 6.07) is 18.7. The first-order valence-corrected chi connectivity index (χ1v) is 6.30. The summed E-state index contributed by atoms with van der Waals surface area (Å²) in [5, 5.41) is 0. The molecule has 2 heteroatoms. The molecule has 0 bridgehead atoms. The van der Waals surface area contributed by atoms with E-state index >= 15 is 0 Å². The molecule has 0 radical (unpaired) electrons. The van der Waals surface area contributed by atoms with Gasteiger partial charge in [-0.25, -0.2) is 12.1 Å². The van der Waals surface area contributed by atoms with Crippen molar-refractivity contribution in [3.63, 3.8) is 0 Å². The molecule has 0 saturated heterocycles. The van der Waals surface area contributed by atoms with E-state index in [2.05, 4.69) is 31.2 Å². The molecule has 2 rings (SSSR count). The van der Waals surface area contributed by atoms with E-state index in [4.69, 9.17) is 0 Å². The van der Waals surface area contributed by atoms with Crippen LogP contribution in [-0.4, -0.2) is 0 Å². The van der Waals surface area contributed by atoms with Crippen LogP contribution in [0.5, 0.6) is 0 Å². The van der Waals surface area contributed by atoms with Gasteiger partial charge in [-0.05, 0) is 0 Å². The minimum atomic E-state index is 0. The molecule has 0 aliphatic carbocycles. The van der Waals surface area contributed by atoms with E-state index in [9.17, 15) is 0 Å². The van der Waals surface area contributed by atoms with Gasteiger partial charge < -0.3 is 36.5 Å². The van der Waals surface area contributed by atoms with Crippen LogP contribution >= 0.6 is 0 Å². The molecule has 0 spiro atoms. The molecule has 0 fully saturated rings. The molecule has 0 aromatic heterocycles. The molecule has 0 aliphatic rings. The van der Waals surface area contributed by atoms with E-state index in [1.165, 1.54) is 37.7 Å². The van der Waals surface area contributed by atoms with Gasteiger partial charge in [0.2, 0.25) is 0 Å². The number of hydrogen-bond acceptors (Lipinski definition) is 1. The maximum atomic E-state index is 2.25. The standard InChI is InChI=1S/C11H17.C5H5.Fe.H3N/c1-2-3-4-5-8-11-9-6-7-10-11;1-2-4-5-3-1;;/h6-7,9-10H,2-5,8H2,1H3;1-5H;;1H3/q-1;-5;;. The predicted molar refractivity (Wildman–Crippen MR) is 76.9 cm³/mol. The fourth-order valence-corrected chi connectivity index (χ4v) is 1.66. The van der Waals surface area contributed by atoms with E-state index in [1.54, 1.807) is 0 Å². The van der Waals surface area contributed by atoms with E-state index < -0.39 is 0 Å². The van der Waals surface area contributed by atoms with Crippen molar-refractivity contribution in [2.45, 2.75) is 39.0 Å². The molecule has 3 N–H and O–H groups in total. The van der Waals surface area contributed by atoms with Crippen molar-refractivity contribution >= 4 is 0 Å². The molecule has 0 heterocycles. The van der Waals surface area contributed by atoms with Gasteiger partial charge >= 0.3 is 0 Å². The topological polar surface area (TPSA) is 35.0 Å². The van der Waals surface area contributed by atoms with Crippen molar-refractivity contribution in [2.24, 2.45) is 0 Å². The molecule has 2 aromatic rings. The van der Waals surface area contributed by atoms with Crippen molar-refractivity contribution in [1.82, 2.24) is 6.15 Å². The van der Waals surface area contributed by atoms with E-state index in [1.807, 2.05) is 30.3 Å². The van der Waals surface area contributed by atoms with Crippen LogP contribution in [0.15, 0.2) is 54.6 Å². The Morgan fingerprint density at radius 2 is 1.33 bits per heavy atom. The largest absolute Gasteiger partial charge is 0.748 e. The van der Waals surface area contributed by atoms with E-state index in [0.717, 1.165) is 0 Å². The maximum Gasteiger partial charge on any atom is 0 e.